The molecule has 1 unspecified atom stereocenters. The summed E-state index contributed by atoms with van der Waals surface area (Å²) in [5.74, 6) is -0.571. The van der Waals surface area contributed by atoms with Gasteiger partial charge in [0, 0.05) is 31.7 Å². The Balaban J connectivity index is 1.19. The molecule has 0 aromatic heterocycles. The van der Waals surface area contributed by atoms with Crippen LogP contribution in [0.4, 0.5) is 0 Å². The number of rotatable bonds is 7. The number of benzene rings is 1. The topological polar surface area (TPSA) is 119 Å². The second kappa shape index (κ2) is 10.6. The third kappa shape index (κ3) is 5.47. The Hall–Kier alpha value is -2.89. The van der Waals surface area contributed by atoms with Crippen LogP contribution in [0.25, 0.3) is 0 Å². The summed E-state index contributed by atoms with van der Waals surface area (Å²) in [4.78, 5) is 40.8. The van der Waals surface area contributed by atoms with Crippen LogP contribution in [0.3, 0.4) is 0 Å². The van der Waals surface area contributed by atoms with Gasteiger partial charge in [-0.2, -0.15) is 0 Å². The van der Waals surface area contributed by atoms with Crippen molar-refractivity contribution in [3.8, 4) is 11.5 Å². The fourth-order valence-corrected chi connectivity index (χ4v) is 3.79. The molecule has 1 aromatic rings. The third-order valence-corrected chi connectivity index (χ3v) is 5.55. The van der Waals surface area contributed by atoms with Crippen LogP contribution < -0.4 is 20.1 Å². The Kier molecular flexibility index (Phi) is 7.40. The molecule has 1 aromatic carbocycles. The highest BCUT2D eigenvalue weighted by atomic mass is 16.7. The average Bonchev–Trinajstić information content (AvgIpc) is 3.49. The van der Waals surface area contributed by atoms with Crippen molar-refractivity contribution in [1.29, 1.82) is 0 Å². The molecule has 2 saturated heterocycles. The maximum atomic E-state index is 12.9. The number of carbonyl (C=O) groups is 3. The minimum atomic E-state index is -0.748. The van der Waals surface area contributed by atoms with Crippen LogP contribution in [0.15, 0.2) is 18.2 Å². The highest BCUT2D eigenvalue weighted by molar-refractivity contribution is 6.35. The quantitative estimate of drug-likeness (QED) is 0.410. The Labute approximate surface area is 185 Å². The highest BCUT2D eigenvalue weighted by Gasteiger charge is 2.32. The van der Waals surface area contributed by atoms with Gasteiger partial charge in [0.2, 0.25) is 6.79 Å². The monoisotopic (exact) mass is 448 g/mol. The van der Waals surface area contributed by atoms with E-state index in [0.29, 0.717) is 36.8 Å². The fraction of sp³-hybridized carbons (Fsp3) is 0.571. The molecule has 0 aliphatic carbocycles. The molecule has 11 heteroatoms. The highest BCUT2D eigenvalue weighted by Crippen LogP contribution is 2.33. The number of hydrogen-bond acceptors (Lipinski definition) is 8. The number of morpholine rings is 1. The largest absolute Gasteiger partial charge is 0.454 e. The molecule has 3 aliphatic heterocycles. The van der Waals surface area contributed by atoms with E-state index < -0.39 is 18.0 Å². The van der Waals surface area contributed by atoms with Crippen molar-refractivity contribution in [2.24, 2.45) is 0 Å². The molecule has 0 spiro atoms. The number of nitrogens with one attached hydrogen (secondary N) is 2. The first-order chi connectivity index (χ1) is 15.6. The van der Waals surface area contributed by atoms with Gasteiger partial charge in [-0.05, 0) is 31.2 Å². The summed E-state index contributed by atoms with van der Waals surface area (Å²) in [6.07, 6.45) is 0.105. The second-order valence-corrected chi connectivity index (χ2v) is 7.67. The van der Waals surface area contributed by atoms with Crippen molar-refractivity contribution in [3.05, 3.63) is 23.8 Å². The van der Waals surface area contributed by atoms with Gasteiger partial charge in [-0.1, -0.05) is 0 Å². The standard InChI is InChI=1S/C21H28N4O7/c26-19(22-4-1-5-24-6-9-29-10-7-24)20(27)23-13-18-25(8-11-30-18)21(28)15-2-3-16-17(12-15)32-14-31-16/h2-3,12,18H,1,4-11,13-14H2,(H,22,26)(H,23,27). The van der Waals surface area contributed by atoms with Crippen LogP contribution in [-0.4, -0.2) is 99.6 Å². The van der Waals surface area contributed by atoms with Crippen molar-refractivity contribution in [1.82, 2.24) is 20.4 Å². The molecule has 3 amide bonds. The zero-order valence-electron chi connectivity index (χ0n) is 17.8. The summed E-state index contributed by atoms with van der Waals surface area (Å²) in [6.45, 7) is 5.38. The van der Waals surface area contributed by atoms with Gasteiger partial charge in [0.15, 0.2) is 11.5 Å². The van der Waals surface area contributed by atoms with Gasteiger partial charge in [0.25, 0.3) is 5.91 Å². The van der Waals surface area contributed by atoms with Crippen LogP contribution in [0.1, 0.15) is 16.8 Å². The van der Waals surface area contributed by atoms with Gasteiger partial charge in [-0.25, -0.2) is 0 Å². The van der Waals surface area contributed by atoms with E-state index in [0.717, 1.165) is 39.3 Å². The first-order valence-corrected chi connectivity index (χ1v) is 10.8. The number of fused-ring (bicyclic) bond motifs is 1. The van der Waals surface area contributed by atoms with E-state index in [-0.39, 0.29) is 19.2 Å². The van der Waals surface area contributed by atoms with E-state index in [1.807, 2.05) is 0 Å². The summed E-state index contributed by atoms with van der Waals surface area (Å²) in [7, 11) is 0. The van der Waals surface area contributed by atoms with Crippen molar-refractivity contribution in [2.75, 3.05) is 65.9 Å². The molecule has 0 bridgehead atoms. The Morgan fingerprint density at radius 1 is 0.969 bits per heavy atom. The minimum absolute atomic E-state index is 0.0241. The van der Waals surface area contributed by atoms with Gasteiger partial charge in [0.05, 0.1) is 26.4 Å². The van der Waals surface area contributed by atoms with E-state index in [1.54, 1.807) is 18.2 Å². The molecule has 2 N–H and O–H groups in total. The van der Waals surface area contributed by atoms with E-state index in [1.165, 1.54) is 4.90 Å². The fourth-order valence-electron chi connectivity index (χ4n) is 3.79. The summed E-state index contributed by atoms with van der Waals surface area (Å²) in [5.41, 5.74) is 0.439. The van der Waals surface area contributed by atoms with Gasteiger partial charge in [0.1, 0.15) is 6.23 Å². The molecule has 4 rings (SSSR count). The van der Waals surface area contributed by atoms with Crippen molar-refractivity contribution >= 4 is 17.7 Å². The van der Waals surface area contributed by atoms with Crippen LogP contribution in [-0.2, 0) is 19.1 Å². The molecule has 32 heavy (non-hydrogen) atoms. The molecular weight excluding hydrogens is 420 g/mol. The van der Waals surface area contributed by atoms with E-state index >= 15 is 0 Å². The summed E-state index contributed by atoms with van der Waals surface area (Å²) in [6, 6.07) is 4.98. The first kappa shape index (κ1) is 22.3. The van der Waals surface area contributed by atoms with Gasteiger partial charge in [-0.3, -0.25) is 19.3 Å². The van der Waals surface area contributed by atoms with E-state index in [2.05, 4.69) is 15.5 Å². The lowest BCUT2D eigenvalue weighted by molar-refractivity contribution is -0.139. The maximum absolute atomic E-state index is 12.9. The average molecular weight is 448 g/mol. The molecule has 3 aliphatic rings. The van der Waals surface area contributed by atoms with Crippen LogP contribution in [0.2, 0.25) is 0 Å². The van der Waals surface area contributed by atoms with Crippen LogP contribution in [0, 0.1) is 0 Å². The second-order valence-electron chi connectivity index (χ2n) is 7.67. The summed E-state index contributed by atoms with van der Waals surface area (Å²) in [5, 5.41) is 5.18. The van der Waals surface area contributed by atoms with Gasteiger partial charge < -0.3 is 34.5 Å². The molecule has 1 atom stereocenters. The molecular formula is C21H28N4O7. The predicted octanol–water partition coefficient (Wildman–Crippen LogP) is -0.831. The van der Waals surface area contributed by atoms with Crippen molar-refractivity contribution < 1.29 is 33.3 Å². The lowest BCUT2D eigenvalue weighted by atomic mass is 10.1. The number of carbonyl (C=O) groups excluding carboxylic acids is 3. The van der Waals surface area contributed by atoms with Crippen molar-refractivity contribution in [2.45, 2.75) is 12.6 Å². The summed E-state index contributed by atoms with van der Waals surface area (Å²) < 4.78 is 21.5. The number of amides is 3. The SMILES string of the molecule is O=C(NCCCN1CCOCC1)C(=O)NCC1OCCN1C(=O)c1ccc2c(c1)OCO2. The molecule has 0 radical (unpaired) electrons. The maximum Gasteiger partial charge on any atom is 0.309 e. The minimum Gasteiger partial charge on any atom is -0.454 e. The Bertz CT molecular complexity index is 843. The first-order valence-electron chi connectivity index (χ1n) is 10.8. The number of ether oxygens (including phenoxy) is 4. The number of hydrogen-bond donors (Lipinski definition) is 2. The van der Waals surface area contributed by atoms with Crippen LogP contribution in [0.5, 0.6) is 11.5 Å². The zero-order chi connectivity index (χ0) is 22.3. The molecule has 0 saturated carbocycles. The molecule has 2 fully saturated rings. The molecule has 3 heterocycles. The van der Waals surface area contributed by atoms with Gasteiger partial charge in [-0.15, -0.1) is 0 Å². The molecule has 11 nitrogen and oxygen atoms in total. The predicted molar refractivity (Wildman–Crippen MR) is 111 cm³/mol. The van der Waals surface area contributed by atoms with E-state index in [4.69, 9.17) is 18.9 Å². The third-order valence-electron chi connectivity index (χ3n) is 5.55. The Morgan fingerprint density at radius 2 is 1.75 bits per heavy atom. The van der Waals surface area contributed by atoms with Gasteiger partial charge >= 0.3 is 11.8 Å². The van der Waals surface area contributed by atoms with Crippen LogP contribution >= 0.6 is 0 Å². The smallest absolute Gasteiger partial charge is 0.309 e. The Morgan fingerprint density at radius 3 is 2.59 bits per heavy atom. The lowest BCUT2D eigenvalue weighted by Gasteiger charge is -2.26. The van der Waals surface area contributed by atoms with E-state index in [9.17, 15) is 14.4 Å². The number of nitrogens with zero attached hydrogens (tertiary/aromatic N) is 2. The lowest BCUT2D eigenvalue weighted by Crippen LogP contribution is -2.47. The normalized spacial score (nSPS) is 20.2. The molecule has 174 valence electrons. The summed E-state index contributed by atoms with van der Waals surface area (Å²) >= 11 is 0. The van der Waals surface area contributed by atoms with Crippen molar-refractivity contribution in [3.63, 3.8) is 0 Å². The zero-order valence-corrected chi connectivity index (χ0v) is 17.8.